The predicted molar refractivity (Wildman–Crippen MR) is 79.6 cm³/mol. The van der Waals surface area contributed by atoms with E-state index in [2.05, 4.69) is 12.2 Å². The van der Waals surface area contributed by atoms with Gasteiger partial charge in [0.15, 0.2) is 0 Å². The summed E-state index contributed by atoms with van der Waals surface area (Å²) in [5.41, 5.74) is 0.822. The number of halogens is 1. The molecular weight excluding hydrogens is 260 g/mol. The van der Waals surface area contributed by atoms with Crippen LogP contribution in [0.25, 0.3) is 0 Å². The van der Waals surface area contributed by atoms with Gasteiger partial charge in [0.1, 0.15) is 0 Å². The second-order valence-electron chi connectivity index (χ2n) is 4.98. The molecule has 1 amide bonds. The van der Waals surface area contributed by atoms with E-state index >= 15 is 0 Å². The van der Waals surface area contributed by atoms with Crippen molar-refractivity contribution in [3.05, 3.63) is 29.3 Å². The SMILES string of the molecule is CCC1CCCCN1C(=O)CNc1ccccc1Cl. The lowest BCUT2D eigenvalue weighted by Gasteiger charge is -2.35. The Bertz CT molecular complexity index is 436. The highest BCUT2D eigenvalue weighted by Gasteiger charge is 2.24. The number of nitrogens with zero attached hydrogens (tertiary/aromatic N) is 1. The molecule has 1 saturated heterocycles. The Labute approximate surface area is 119 Å². The van der Waals surface area contributed by atoms with E-state index < -0.39 is 0 Å². The van der Waals surface area contributed by atoms with Gasteiger partial charge in [-0.05, 0) is 37.8 Å². The number of benzene rings is 1. The van der Waals surface area contributed by atoms with Crippen molar-refractivity contribution in [2.75, 3.05) is 18.4 Å². The van der Waals surface area contributed by atoms with Crippen molar-refractivity contribution in [2.45, 2.75) is 38.6 Å². The fourth-order valence-electron chi connectivity index (χ4n) is 2.63. The van der Waals surface area contributed by atoms with Gasteiger partial charge in [0.25, 0.3) is 0 Å². The van der Waals surface area contributed by atoms with Crippen molar-refractivity contribution in [2.24, 2.45) is 0 Å². The number of hydrogen-bond acceptors (Lipinski definition) is 2. The molecule has 1 unspecified atom stereocenters. The van der Waals surface area contributed by atoms with Crippen LogP contribution in [0.3, 0.4) is 0 Å². The molecule has 104 valence electrons. The molecule has 1 N–H and O–H groups in total. The monoisotopic (exact) mass is 280 g/mol. The zero-order valence-electron chi connectivity index (χ0n) is 11.4. The van der Waals surface area contributed by atoms with Crippen molar-refractivity contribution in [3.8, 4) is 0 Å². The molecule has 1 aromatic carbocycles. The van der Waals surface area contributed by atoms with Crippen LogP contribution >= 0.6 is 11.6 Å². The molecule has 4 heteroatoms. The minimum absolute atomic E-state index is 0.173. The maximum Gasteiger partial charge on any atom is 0.242 e. The summed E-state index contributed by atoms with van der Waals surface area (Å²) in [4.78, 5) is 14.3. The summed E-state index contributed by atoms with van der Waals surface area (Å²) in [7, 11) is 0. The van der Waals surface area contributed by atoms with Gasteiger partial charge < -0.3 is 10.2 Å². The van der Waals surface area contributed by atoms with Crippen LogP contribution in [0.4, 0.5) is 5.69 Å². The average molecular weight is 281 g/mol. The first-order valence-electron chi connectivity index (χ1n) is 7.00. The normalized spacial score (nSPS) is 19.3. The number of rotatable bonds is 4. The number of para-hydroxylation sites is 1. The van der Waals surface area contributed by atoms with Crippen LogP contribution in [0.1, 0.15) is 32.6 Å². The number of carbonyl (C=O) groups excluding carboxylic acids is 1. The van der Waals surface area contributed by atoms with E-state index in [-0.39, 0.29) is 5.91 Å². The van der Waals surface area contributed by atoms with Crippen molar-refractivity contribution in [1.82, 2.24) is 4.90 Å². The first-order chi connectivity index (χ1) is 9.22. The number of piperidine rings is 1. The fourth-order valence-corrected chi connectivity index (χ4v) is 2.83. The van der Waals surface area contributed by atoms with E-state index in [4.69, 9.17) is 11.6 Å². The van der Waals surface area contributed by atoms with E-state index in [1.807, 2.05) is 29.2 Å². The Kier molecular flexibility index (Phi) is 5.08. The smallest absolute Gasteiger partial charge is 0.242 e. The van der Waals surface area contributed by atoms with Gasteiger partial charge in [-0.1, -0.05) is 30.7 Å². The first kappa shape index (κ1) is 14.2. The second-order valence-corrected chi connectivity index (χ2v) is 5.39. The molecule has 0 aliphatic carbocycles. The number of likely N-dealkylation sites (tertiary alicyclic amines) is 1. The van der Waals surface area contributed by atoms with Crippen LogP contribution in [0.15, 0.2) is 24.3 Å². The summed E-state index contributed by atoms with van der Waals surface area (Å²) in [5.74, 6) is 0.173. The molecule has 2 rings (SSSR count). The highest BCUT2D eigenvalue weighted by atomic mass is 35.5. The molecule has 1 aliphatic heterocycles. The molecule has 0 saturated carbocycles. The van der Waals surface area contributed by atoms with Crippen LogP contribution < -0.4 is 5.32 Å². The lowest BCUT2D eigenvalue weighted by Crippen LogP contribution is -2.45. The summed E-state index contributed by atoms with van der Waals surface area (Å²) >= 11 is 6.06. The lowest BCUT2D eigenvalue weighted by atomic mass is 10.00. The molecule has 1 atom stereocenters. The first-order valence-corrected chi connectivity index (χ1v) is 7.38. The maximum absolute atomic E-state index is 12.3. The predicted octanol–water partition coefficient (Wildman–Crippen LogP) is 3.54. The van der Waals surface area contributed by atoms with Crippen LogP contribution in [0.2, 0.25) is 5.02 Å². The molecule has 0 radical (unpaired) electrons. The van der Waals surface area contributed by atoms with Crippen molar-refractivity contribution < 1.29 is 4.79 Å². The van der Waals surface area contributed by atoms with Crippen LogP contribution in [-0.4, -0.2) is 29.9 Å². The molecule has 3 nitrogen and oxygen atoms in total. The number of hydrogen-bond donors (Lipinski definition) is 1. The highest BCUT2D eigenvalue weighted by molar-refractivity contribution is 6.33. The zero-order valence-corrected chi connectivity index (χ0v) is 12.1. The third-order valence-electron chi connectivity index (χ3n) is 3.72. The number of nitrogens with one attached hydrogen (secondary N) is 1. The fraction of sp³-hybridized carbons (Fsp3) is 0.533. The minimum Gasteiger partial charge on any atom is -0.375 e. The topological polar surface area (TPSA) is 32.3 Å². The molecule has 1 aromatic rings. The summed E-state index contributed by atoms with van der Waals surface area (Å²) in [5, 5.41) is 3.79. The van der Waals surface area contributed by atoms with Crippen LogP contribution in [0.5, 0.6) is 0 Å². The Morgan fingerprint density at radius 1 is 1.42 bits per heavy atom. The molecule has 1 aliphatic rings. The number of amides is 1. The van der Waals surface area contributed by atoms with Gasteiger partial charge in [-0.2, -0.15) is 0 Å². The van der Waals surface area contributed by atoms with Crippen molar-refractivity contribution in [3.63, 3.8) is 0 Å². The minimum atomic E-state index is 0.173. The Hall–Kier alpha value is -1.22. The summed E-state index contributed by atoms with van der Waals surface area (Å²) in [6, 6.07) is 7.92. The largest absolute Gasteiger partial charge is 0.375 e. The summed E-state index contributed by atoms with van der Waals surface area (Å²) in [6.07, 6.45) is 4.53. The second kappa shape index (κ2) is 6.80. The van der Waals surface area contributed by atoms with E-state index in [0.717, 1.165) is 31.5 Å². The van der Waals surface area contributed by atoms with E-state index in [9.17, 15) is 4.79 Å². The van der Waals surface area contributed by atoms with Gasteiger partial charge in [-0.15, -0.1) is 0 Å². The van der Waals surface area contributed by atoms with Gasteiger partial charge in [0, 0.05) is 12.6 Å². The molecule has 1 fully saturated rings. The molecule has 0 spiro atoms. The van der Waals surface area contributed by atoms with Gasteiger partial charge >= 0.3 is 0 Å². The number of carbonyl (C=O) groups is 1. The standard InChI is InChI=1S/C15H21ClN2O/c1-2-12-7-5-6-10-18(12)15(19)11-17-14-9-4-3-8-13(14)16/h3-4,8-9,12,17H,2,5-7,10-11H2,1H3. The highest BCUT2D eigenvalue weighted by Crippen LogP contribution is 2.22. The third kappa shape index (κ3) is 3.63. The van der Waals surface area contributed by atoms with Crippen molar-refractivity contribution in [1.29, 1.82) is 0 Å². The van der Waals surface area contributed by atoms with Crippen LogP contribution in [-0.2, 0) is 4.79 Å². The molecular formula is C15H21ClN2O. The van der Waals surface area contributed by atoms with Crippen LogP contribution in [0, 0.1) is 0 Å². The molecule has 1 heterocycles. The quantitative estimate of drug-likeness (QED) is 0.915. The van der Waals surface area contributed by atoms with Gasteiger partial charge in [0.05, 0.1) is 17.3 Å². The Balaban J connectivity index is 1.92. The van der Waals surface area contributed by atoms with Gasteiger partial charge in [0.2, 0.25) is 5.91 Å². The third-order valence-corrected chi connectivity index (χ3v) is 4.05. The van der Waals surface area contributed by atoms with E-state index in [1.165, 1.54) is 6.42 Å². The molecule has 0 aromatic heterocycles. The van der Waals surface area contributed by atoms with Crippen molar-refractivity contribution >= 4 is 23.2 Å². The molecule has 19 heavy (non-hydrogen) atoms. The lowest BCUT2D eigenvalue weighted by molar-refractivity contribution is -0.133. The molecule has 0 bridgehead atoms. The maximum atomic E-state index is 12.3. The zero-order chi connectivity index (χ0) is 13.7. The summed E-state index contributed by atoms with van der Waals surface area (Å²) in [6.45, 7) is 3.36. The Morgan fingerprint density at radius 2 is 2.21 bits per heavy atom. The number of anilines is 1. The van der Waals surface area contributed by atoms with Gasteiger partial charge in [-0.25, -0.2) is 0 Å². The van der Waals surface area contributed by atoms with Gasteiger partial charge in [-0.3, -0.25) is 4.79 Å². The summed E-state index contributed by atoms with van der Waals surface area (Å²) < 4.78 is 0. The average Bonchev–Trinajstić information content (AvgIpc) is 2.46. The van der Waals surface area contributed by atoms with E-state index in [1.54, 1.807) is 0 Å². The van der Waals surface area contributed by atoms with E-state index in [0.29, 0.717) is 17.6 Å². The Morgan fingerprint density at radius 3 is 2.95 bits per heavy atom.